The first-order valence-corrected chi connectivity index (χ1v) is 6.58. The molecule has 0 radical (unpaired) electrons. The second-order valence-electron chi connectivity index (χ2n) is 5.69. The van der Waals surface area contributed by atoms with Crippen molar-refractivity contribution >= 4 is 5.82 Å². The van der Waals surface area contributed by atoms with Gasteiger partial charge in [-0.25, -0.2) is 4.98 Å². The Morgan fingerprint density at radius 3 is 2.43 bits per heavy atom. The number of nitriles is 1. The highest BCUT2D eigenvalue weighted by Crippen LogP contribution is 2.30. The Hall–Kier alpha value is -1.81. The van der Waals surface area contributed by atoms with Crippen LogP contribution >= 0.6 is 0 Å². The Morgan fingerprint density at radius 1 is 1.38 bits per heavy atom. The summed E-state index contributed by atoms with van der Waals surface area (Å²) in [4.78, 5) is 3.54. The SMILES string of the molecule is CC(C)CC(C)(CN)Nc1nc(C(F)(F)F)ccc1C#N. The zero-order valence-corrected chi connectivity index (χ0v) is 12.3. The van der Waals surface area contributed by atoms with E-state index in [1.807, 2.05) is 19.9 Å². The van der Waals surface area contributed by atoms with Gasteiger partial charge in [-0.05, 0) is 31.4 Å². The van der Waals surface area contributed by atoms with Crippen molar-refractivity contribution < 1.29 is 13.2 Å². The first-order valence-electron chi connectivity index (χ1n) is 6.58. The third kappa shape index (κ3) is 4.60. The molecule has 4 nitrogen and oxygen atoms in total. The number of halogens is 3. The molecule has 0 spiro atoms. The quantitative estimate of drug-likeness (QED) is 0.876. The average Bonchev–Trinajstić information content (AvgIpc) is 2.36. The summed E-state index contributed by atoms with van der Waals surface area (Å²) in [5, 5.41) is 11.9. The molecule has 1 rings (SSSR count). The molecule has 0 aromatic carbocycles. The smallest absolute Gasteiger partial charge is 0.363 e. The van der Waals surface area contributed by atoms with E-state index in [9.17, 15) is 13.2 Å². The summed E-state index contributed by atoms with van der Waals surface area (Å²) in [6, 6.07) is 3.75. The van der Waals surface area contributed by atoms with Crippen LogP contribution in [0.25, 0.3) is 0 Å². The zero-order valence-electron chi connectivity index (χ0n) is 12.3. The number of anilines is 1. The minimum Gasteiger partial charge on any atom is -0.363 e. The standard InChI is InChI=1S/C14H19F3N4/c1-9(2)6-13(3,8-19)21-12-10(7-18)4-5-11(20-12)14(15,16)17/h4-5,9H,6,8,19H2,1-3H3,(H,20,21). The lowest BCUT2D eigenvalue weighted by Gasteiger charge is -2.32. The number of nitrogens with zero attached hydrogens (tertiary/aromatic N) is 2. The molecule has 0 fully saturated rings. The van der Waals surface area contributed by atoms with Gasteiger partial charge in [-0.3, -0.25) is 0 Å². The van der Waals surface area contributed by atoms with Gasteiger partial charge in [0, 0.05) is 12.1 Å². The molecule has 0 bridgehead atoms. The molecule has 1 aromatic rings. The molecule has 1 unspecified atom stereocenters. The van der Waals surface area contributed by atoms with E-state index in [1.54, 1.807) is 6.92 Å². The van der Waals surface area contributed by atoms with Gasteiger partial charge in [-0.1, -0.05) is 13.8 Å². The molecule has 0 aliphatic heterocycles. The summed E-state index contributed by atoms with van der Waals surface area (Å²) in [6.45, 7) is 5.99. The van der Waals surface area contributed by atoms with Gasteiger partial charge in [0.15, 0.2) is 0 Å². The number of rotatable bonds is 5. The third-order valence-corrected chi connectivity index (χ3v) is 3.04. The number of nitrogens with one attached hydrogen (secondary N) is 1. The van der Waals surface area contributed by atoms with Crippen molar-refractivity contribution in [2.45, 2.75) is 38.9 Å². The average molecular weight is 300 g/mol. The van der Waals surface area contributed by atoms with Gasteiger partial charge in [-0.2, -0.15) is 18.4 Å². The summed E-state index contributed by atoms with van der Waals surface area (Å²) in [5.74, 6) is 0.211. The summed E-state index contributed by atoms with van der Waals surface area (Å²) < 4.78 is 38.2. The molecule has 1 aromatic heterocycles. The molecule has 1 atom stereocenters. The van der Waals surface area contributed by atoms with Crippen LogP contribution in [0.3, 0.4) is 0 Å². The fourth-order valence-corrected chi connectivity index (χ4v) is 2.17. The van der Waals surface area contributed by atoms with Gasteiger partial charge in [0.1, 0.15) is 17.6 Å². The monoisotopic (exact) mass is 300 g/mol. The zero-order chi connectivity index (χ0) is 16.3. The molecule has 0 aliphatic carbocycles. The van der Waals surface area contributed by atoms with Crippen molar-refractivity contribution in [3.63, 3.8) is 0 Å². The number of pyridine rings is 1. The molecule has 0 saturated carbocycles. The maximum Gasteiger partial charge on any atom is 0.433 e. The van der Waals surface area contributed by atoms with Gasteiger partial charge in [-0.15, -0.1) is 0 Å². The summed E-state index contributed by atoms with van der Waals surface area (Å²) >= 11 is 0. The van der Waals surface area contributed by atoms with Crippen LogP contribution in [0.4, 0.5) is 19.0 Å². The molecule has 1 heterocycles. The van der Waals surface area contributed by atoms with E-state index in [-0.39, 0.29) is 17.9 Å². The lowest BCUT2D eigenvalue weighted by molar-refractivity contribution is -0.141. The van der Waals surface area contributed by atoms with Crippen LogP contribution in [0.2, 0.25) is 0 Å². The molecule has 0 saturated heterocycles. The van der Waals surface area contributed by atoms with Crippen molar-refractivity contribution in [1.82, 2.24) is 4.98 Å². The number of alkyl halides is 3. The largest absolute Gasteiger partial charge is 0.433 e. The van der Waals surface area contributed by atoms with Gasteiger partial charge in [0.2, 0.25) is 0 Å². The van der Waals surface area contributed by atoms with Crippen molar-refractivity contribution in [3.05, 3.63) is 23.4 Å². The summed E-state index contributed by atoms with van der Waals surface area (Å²) in [6.07, 6.45) is -3.91. The van der Waals surface area contributed by atoms with Crippen LogP contribution in [0.5, 0.6) is 0 Å². The van der Waals surface area contributed by atoms with Crippen molar-refractivity contribution in [1.29, 1.82) is 5.26 Å². The Kier molecular flexibility index (Phi) is 5.18. The number of aromatic nitrogens is 1. The fourth-order valence-electron chi connectivity index (χ4n) is 2.17. The van der Waals surface area contributed by atoms with Gasteiger partial charge in [0.05, 0.1) is 5.56 Å². The highest BCUT2D eigenvalue weighted by atomic mass is 19.4. The van der Waals surface area contributed by atoms with E-state index in [0.717, 1.165) is 12.1 Å². The van der Waals surface area contributed by atoms with E-state index < -0.39 is 17.4 Å². The molecule has 0 amide bonds. The van der Waals surface area contributed by atoms with Crippen LogP contribution < -0.4 is 11.1 Å². The second kappa shape index (κ2) is 6.31. The molecular weight excluding hydrogens is 281 g/mol. The van der Waals surface area contributed by atoms with E-state index in [1.165, 1.54) is 0 Å². The predicted molar refractivity (Wildman–Crippen MR) is 74.5 cm³/mol. The van der Waals surface area contributed by atoms with Gasteiger partial charge < -0.3 is 11.1 Å². The van der Waals surface area contributed by atoms with E-state index >= 15 is 0 Å². The molecular formula is C14H19F3N4. The summed E-state index contributed by atoms with van der Waals surface area (Å²) in [7, 11) is 0. The minimum absolute atomic E-state index is 0.0615. The van der Waals surface area contributed by atoms with E-state index in [2.05, 4.69) is 10.3 Å². The number of hydrogen-bond acceptors (Lipinski definition) is 4. The highest BCUT2D eigenvalue weighted by Gasteiger charge is 2.34. The Bertz CT molecular complexity index is 534. The van der Waals surface area contributed by atoms with Crippen LogP contribution in [-0.2, 0) is 6.18 Å². The van der Waals surface area contributed by atoms with Crippen LogP contribution in [0, 0.1) is 17.2 Å². The molecule has 3 N–H and O–H groups in total. The van der Waals surface area contributed by atoms with Gasteiger partial charge >= 0.3 is 6.18 Å². The van der Waals surface area contributed by atoms with Gasteiger partial charge in [0.25, 0.3) is 0 Å². The minimum atomic E-state index is -4.55. The normalized spacial score (nSPS) is 14.6. The highest BCUT2D eigenvalue weighted by molar-refractivity contribution is 5.54. The second-order valence-corrected chi connectivity index (χ2v) is 5.69. The Balaban J connectivity index is 3.19. The van der Waals surface area contributed by atoms with Crippen molar-refractivity contribution in [2.24, 2.45) is 11.7 Å². The number of hydrogen-bond donors (Lipinski definition) is 2. The molecule has 21 heavy (non-hydrogen) atoms. The first kappa shape index (κ1) is 17.2. The molecule has 7 heteroatoms. The maximum atomic E-state index is 12.7. The third-order valence-electron chi connectivity index (χ3n) is 3.04. The van der Waals surface area contributed by atoms with Crippen LogP contribution in [0.15, 0.2) is 12.1 Å². The Labute approximate surface area is 122 Å². The lowest BCUT2D eigenvalue weighted by Crippen LogP contribution is -2.44. The van der Waals surface area contributed by atoms with E-state index in [4.69, 9.17) is 11.0 Å². The van der Waals surface area contributed by atoms with Crippen LogP contribution in [-0.4, -0.2) is 17.1 Å². The molecule has 116 valence electrons. The van der Waals surface area contributed by atoms with E-state index in [0.29, 0.717) is 12.3 Å². The predicted octanol–water partition coefficient (Wildman–Crippen LogP) is 3.15. The molecule has 0 aliphatic rings. The first-order chi connectivity index (χ1) is 9.61. The maximum absolute atomic E-state index is 12.7. The van der Waals surface area contributed by atoms with Crippen molar-refractivity contribution in [2.75, 3.05) is 11.9 Å². The van der Waals surface area contributed by atoms with Crippen molar-refractivity contribution in [3.8, 4) is 6.07 Å². The number of nitrogens with two attached hydrogens (primary N) is 1. The van der Waals surface area contributed by atoms with Crippen LogP contribution in [0.1, 0.15) is 38.4 Å². The fraction of sp³-hybridized carbons (Fsp3) is 0.571. The Morgan fingerprint density at radius 2 is 2.00 bits per heavy atom. The summed E-state index contributed by atoms with van der Waals surface area (Å²) in [5.41, 5.74) is 4.12. The topological polar surface area (TPSA) is 74.7 Å². The lowest BCUT2D eigenvalue weighted by atomic mass is 9.90.